The summed E-state index contributed by atoms with van der Waals surface area (Å²) in [6.07, 6.45) is 4.31. The molecule has 0 saturated heterocycles. The number of aliphatic carboxylic acids is 1. The lowest BCUT2D eigenvalue weighted by Crippen LogP contribution is -2.34. The SMILES string of the molecule is CSc1ccc(C(C)N(CC(=O)O)C2CC2)cc1. The van der Waals surface area contributed by atoms with Gasteiger partial charge in [-0.05, 0) is 43.7 Å². The highest BCUT2D eigenvalue weighted by atomic mass is 32.2. The number of carboxylic acid groups (broad SMARTS) is 1. The molecule has 0 aliphatic heterocycles. The Kier molecular flexibility index (Phi) is 4.30. The van der Waals surface area contributed by atoms with Crippen LogP contribution in [0.1, 0.15) is 31.4 Å². The van der Waals surface area contributed by atoms with Crippen molar-refractivity contribution in [3.05, 3.63) is 29.8 Å². The first-order valence-electron chi connectivity index (χ1n) is 6.23. The summed E-state index contributed by atoms with van der Waals surface area (Å²) in [4.78, 5) is 14.3. The second-order valence-corrected chi connectivity index (χ2v) is 5.63. The van der Waals surface area contributed by atoms with E-state index in [2.05, 4.69) is 42.3 Å². The van der Waals surface area contributed by atoms with E-state index in [0.717, 1.165) is 12.8 Å². The lowest BCUT2D eigenvalue weighted by molar-refractivity contribution is -0.139. The van der Waals surface area contributed by atoms with E-state index in [0.29, 0.717) is 6.04 Å². The first kappa shape index (κ1) is 13.4. The quantitative estimate of drug-likeness (QED) is 0.803. The summed E-state index contributed by atoms with van der Waals surface area (Å²) in [7, 11) is 0. The third-order valence-electron chi connectivity index (χ3n) is 3.43. The molecule has 1 aliphatic carbocycles. The van der Waals surface area contributed by atoms with Crippen LogP contribution in [0.4, 0.5) is 0 Å². The van der Waals surface area contributed by atoms with Crippen molar-refractivity contribution < 1.29 is 9.90 Å². The van der Waals surface area contributed by atoms with E-state index in [4.69, 9.17) is 5.11 Å². The predicted octanol–water partition coefficient (Wildman–Crippen LogP) is 3.02. The van der Waals surface area contributed by atoms with Crippen molar-refractivity contribution >= 4 is 17.7 Å². The number of nitrogens with zero attached hydrogens (tertiary/aromatic N) is 1. The van der Waals surface area contributed by atoms with Gasteiger partial charge in [-0.25, -0.2) is 0 Å². The highest BCUT2D eigenvalue weighted by Gasteiger charge is 2.33. The number of carboxylic acids is 1. The summed E-state index contributed by atoms with van der Waals surface area (Å²) >= 11 is 1.72. The molecular weight excluding hydrogens is 246 g/mol. The van der Waals surface area contributed by atoms with Gasteiger partial charge in [-0.2, -0.15) is 0 Å². The maximum atomic E-state index is 10.9. The largest absolute Gasteiger partial charge is 0.480 e. The Morgan fingerprint density at radius 2 is 2.06 bits per heavy atom. The first-order chi connectivity index (χ1) is 8.61. The summed E-state index contributed by atoms with van der Waals surface area (Å²) in [6, 6.07) is 9.03. The number of rotatable bonds is 6. The van der Waals surface area contributed by atoms with E-state index in [9.17, 15) is 4.79 Å². The van der Waals surface area contributed by atoms with Crippen LogP contribution in [-0.2, 0) is 4.79 Å². The van der Waals surface area contributed by atoms with E-state index < -0.39 is 5.97 Å². The second-order valence-electron chi connectivity index (χ2n) is 4.75. The molecule has 1 aliphatic rings. The molecule has 0 bridgehead atoms. The molecule has 1 N–H and O–H groups in total. The number of carbonyl (C=O) groups is 1. The number of hydrogen-bond donors (Lipinski definition) is 1. The molecule has 1 aromatic rings. The van der Waals surface area contributed by atoms with E-state index in [-0.39, 0.29) is 12.6 Å². The van der Waals surface area contributed by atoms with Crippen molar-refractivity contribution in [2.45, 2.75) is 36.7 Å². The maximum Gasteiger partial charge on any atom is 0.317 e. The van der Waals surface area contributed by atoms with Crippen LogP contribution in [0.2, 0.25) is 0 Å². The monoisotopic (exact) mass is 265 g/mol. The molecule has 0 aromatic heterocycles. The summed E-state index contributed by atoms with van der Waals surface area (Å²) in [6.45, 7) is 2.23. The fourth-order valence-corrected chi connectivity index (χ4v) is 2.63. The second kappa shape index (κ2) is 5.76. The Labute approximate surface area is 112 Å². The smallest absolute Gasteiger partial charge is 0.317 e. The number of hydrogen-bond acceptors (Lipinski definition) is 3. The topological polar surface area (TPSA) is 40.5 Å². The van der Waals surface area contributed by atoms with Gasteiger partial charge in [0.1, 0.15) is 0 Å². The summed E-state index contributed by atoms with van der Waals surface area (Å²) in [5.74, 6) is -0.741. The summed E-state index contributed by atoms with van der Waals surface area (Å²) < 4.78 is 0. The first-order valence-corrected chi connectivity index (χ1v) is 7.45. The Hall–Kier alpha value is -1.00. The molecule has 2 rings (SSSR count). The van der Waals surface area contributed by atoms with Crippen LogP contribution >= 0.6 is 11.8 Å². The molecule has 1 aromatic carbocycles. The molecule has 4 heteroatoms. The van der Waals surface area contributed by atoms with Crippen molar-refractivity contribution in [1.82, 2.24) is 4.90 Å². The standard InChI is InChI=1S/C14H19NO2S/c1-10(11-3-7-13(18-2)8-4-11)15(9-14(16)17)12-5-6-12/h3-4,7-8,10,12H,5-6,9H2,1-2H3,(H,16,17). The molecule has 0 radical (unpaired) electrons. The summed E-state index contributed by atoms with van der Waals surface area (Å²) in [5, 5.41) is 8.99. The van der Waals surface area contributed by atoms with E-state index in [1.807, 2.05) is 0 Å². The van der Waals surface area contributed by atoms with Gasteiger partial charge in [0.15, 0.2) is 0 Å². The average molecular weight is 265 g/mol. The molecule has 18 heavy (non-hydrogen) atoms. The van der Waals surface area contributed by atoms with Gasteiger partial charge in [-0.3, -0.25) is 9.69 Å². The van der Waals surface area contributed by atoms with Crippen molar-refractivity contribution in [2.24, 2.45) is 0 Å². The minimum absolute atomic E-state index is 0.135. The van der Waals surface area contributed by atoms with Gasteiger partial charge in [0, 0.05) is 17.0 Å². The predicted molar refractivity (Wildman–Crippen MR) is 74.0 cm³/mol. The molecule has 0 spiro atoms. The Bertz CT molecular complexity index is 414. The minimum Gasteiger partial charge on any atom is -0.480 e. The zero-order chi connectivity index (χ0) is 13.1. The normalized spacial score (nSPS) is 16.8. The van der Waals surface area contributed by atoms with Gasteiger partial charge in [0.2, 0.25) is 0 Å². The van der Waals surface area contributed by atoms with Crippen LogP contribution in [0.25, 0.3) is 0 Å². The van der Waals surface area contributed by atoms with Crippen LogP contribution in [0, 0.1) is 0 Å². The van der Waals surface area contributed by atoms with Gasteiger partial charge in [0.25, 0.3) is 0 Å². The van der Waals surface area contributed by atoms with Gasteiger partial charge in [-0.15, -0.1) is 11.8 Å². The highest BCUT2D eigenvalue weighted by Crippen LogP contribution is 2.34. The van der Waals surface area contributed by atoms with Crippen LogP contribution < -0.4 is 0 Å². The molecule has 1 atom stereocenters. The molecule has 0 heterocycles. The van der Waals surface area contributed by atoms with Gasteiger partial charge in [-0.1, -0.05) is 12.1 Å². The Balaban J connectivity index is 2.10. The lowest BCUT2D eigenvalue weighted by Gasteiger charge is -2.27. The Morgan fingerprint density at radius 1 is 1.44 bits per heavy atom. The van der Waals surface area contributed by atoms with Crippen molar-refractivity contribution in [3.8, 4) is 0 Å². The molecule has 1 saturated carbocycles. The Morgan fingerprint density at radius 3 is 2.50 bits per heavy atom. The van der Waals surface area contributed by atoms with Crippen LogP contribution in [0.3, 0.4) is 0 Å². The fourth-order valence-electron chi connectivity index (χ4n) is 2.22. The van der Waals surface area contributed by atoms with Gasteiger partial charge in [0.05, 0.1) is 6.54 Å². The van der Waals surface area contributed by atoms with Crippen molar-refractivity contribution in [1.29, 1.82) is 0 Å². The molecule has 0 amide bonds. The molecule has 1 fully saturated rings. The van der Waals surface area contributed by atoms with Crippen LogP contribution in [0.5, 0.6) is 0 Å². The highest BCUT2D eigenvalue weighted by molar-refractivity contribution is 7.98. The zero-order valence-electron chi connectivity index (χ0n) is 10.8. The third kappa shape index (κ3) is 3.27. The van der Waals surface area contributed by atoms with Crippen LogP contribution in [-0.4, -0.2) is 34.8 Å². The minimum atomic E-state index is -0.741. The lowest BCUT2D eigenvalue weighted by atomic mass is 10.1. The third-order valence-corrected chi connectivity index (χ3v) is 4.17. The van der Waals surface area contributed by atoms with E-state index in [1.54, 1.807) is 11.8 Å². The van der Waals surface area contributed by atoms with Crippen LogP contribution in [0.15, 0.2) is 29.2 Å². The molecule has 98 valence electrons. The fraction of sp³-hybridized carbons (Fsp3) is 0.500. The van der Waals surface area contributed by atoms with Crippen molar-refractivity contribution in [3.63, 3.8) is 0 Å². The van der Waals surface area contributed by atoms with Gasteiger partial charge < -0.3 is 5.11 Å². The number of benzene rings is 1. The maximum absolute atomic E-state index is 10.9. The number of thioether (sulfide) groups is 1. The molecular formula is C14H19NO2S. The molecule has 3 nitrogen and oxygen atoms in total. The van der Waals surface area contributed by atoms with Gasteiger partial charge >= 0.3 is 5.97 Å². The summed E-state index contributed by atoms with van der Waals surface area (Å²) in [5.41, 5.74) is 1.20. The van der Waals surface area contributed by atoms with Crippen molar-refractivity contribution in [2.75, 3.05) is 12.8 Å². The van der Waals surface area contributed by atoms with E-state index >= 15 is 0 Å². The average Bonchev–Trinajstić information content (AvgIpc) is 3.19. The molecule has 1 unspecified atom stereocenters. The van der Waals surface area contributed by atoms with E-state index in [1.165, 1.54) is 10.5 Å². The zero-order valence-corrected chi connectivity index (χ0v) is 11.6.